The molecule has 0 aliphatic heterocycles. The fraction of sp³-hybridized carbons (Fsp3) is 0.231. The SMILES string of the molecule is COc1ccc(C)cc1-c1cc(N)c(=O)n(C)n1. The number of aryl methyl sites for hydroxylation is 2. The van der Waals surface area contributed by atoms with E-state index in [0.717, 1.165) is 11.1 Å². The van der Waals surface area contributed by atoms with Crippen LogP contribution in [-0.2, 0) is 7.05 Å². The summed E-state index contributed by atoms with van der Waals surface area (Å²) in [5, 5.41) is 4.20. The molecule has 0 saturated carbocycles. The van der Waals surface area contributed by atoms with E-state index < -0.39 is 0 Å². The highest BCUT2D eigenvalue weighted by molar-refractivity contribution is 5.69. The monoisotopic (exact) mass is 245 g/mol. The first-order valence-corrected chi connectivity index (χ1v) is 5.51. The molecule has 0 amide bonds. The number of aromatic nitrogens is 2. The maximum Gasteiger partial charge on any atom is 0.289 e. The zero-order valence-corrected chi connectivity index (χ0v) is 10.6. The zero-order chi connectivity index (χ0) is 13.3. The smallest absolute Gasteiger partial charge is 0.289 e. The van der Waals surface area contributed by atoms with Crippen LogP contribution in [0.25, 0.3) is 11.3 Å². The summed E-state index contributed by atoms with van der Waals surface area (Å²) < 4.78 is 6.53. The van der Waals surface area contributed by atoms with Gasteiger partial charge in [0.2, 0.25) is 0 Å². The molecule has 0 aliphatic rings. The molecule has 0 atom stereocenters. The Morgan fingerprint density at radius 3 is 2.67 bits per heavy atom. The summed E-state index contributed by atoms with van der Waals surface area (Å²) in [5.74, 6) is 0.700. The van der Waals surface area contributed by atoms with Crippen molar-refractivity contribution in [3.8, 4) is 17.0 Å². The van der Waals surface area contributed by atoms with Crippen molar-refractivity contribution in [3.05, 3.63) is 40.2 Å². The molecule has 0 spiro atoms. The lowest BCUT2D eigenvalue weighted by Crippen LogP contribution is -2.22. The number of nitrogens with two attached hydrogens (primary N) is 1. The summed E-state index contributed by atoms with van der Waals surface area (Å²) in [6.45, 7) is 1.98. The third kappa shape index (κ3) is 2.07. The van der Waals surface area contributed by atoms with Crippen molar-refractivity contribution in [1.82, 2.24) is 9.78 Å². The van der Waals surface area contributed by atoms with Crippen LogP contribution in [0.2, 0.25) is 0 Å². The van der Waals surface area contributed by atoms with Gasteiger partial charge in [0.15, 0.2) is 0 Å². The van der Waals surface area contributed by atoms with Gasteiger partial charge >= 0.3 is 0 Å². The lowest BCUT2D eigenvalue weighted by Gasteiger charge is -2.10. The van der Waals surface area contributed by atoms with E-state index in [1.54, 1.807) is 20.2 Å². The summed E-state index contributed by atoms with van der Waals surface area (Å²) in [5.41, 5.74) is 8.07. The van der Waals surface area contributed by atoms with E-state index in [1.807, 2.05) is 25.1 Å². The Morgan fingerprint density at radius 1 is 1.33 bits per heavy atom. The average Bonchev–Trinajstić information content (AvgIpc) is 2.35. The van der Waals surface area contributed by atoms with E-state index in [4.69, 9.17) is 10.5 Å². The second-order valence-corrected chi connectivity index (χ2v) is 4.12. The topological polar surface area (TPSA) is 70.1 Å². The van der Waals surface area contributed by atoms with Crippen LogP contribution in [-0.4, -0.2) is 16.9 Å². The summed E-state index contributed by atoms with van der Waals surface area (Å²) >= 11 is 0. The van der Waals surface area contributed by atoms with Gasteiger partial charge in [0, 0.05) is 12.6 Å². The van der Waals surface area contributed by atoms with Crippen molar-refractivity contribution in [2.24, 2.45) is 7.05 Å². The summed E-state index contributed by atoms with van der Waals surface area (Å²) in [6, 6.07) is 7.34. The minimum absolute atomic E-state index is 0.172. The molecule has 2 rings (SSSR count). The second-order valence-electron chi connectivity index (χ2n) is 4.12. The number of hydrogen-bond donors (Lipinski definition) is 1. The largest absolute Gasteiger partial charge is 0.496 e. The maximum absolute atomic E-state index is 11.5. The van der Waals surface area contributed by atoms with Crippen LogP contribution in [0.1, 0.15) is 5.56 Å². The average molecular weight is 245 g/mol. The number of hydrogen-bond acceptors (Lipinski definition) is 4. The third-order valence-electron chi connectivity index (χ3n) is 2.72. The Bertz CT molecular complexity index is 621. The molecule has 2 aromatic rings. The molecule has 0 saturated heterocycles. The van der Waals surface area contributed by atoms with E-state index in [0.29, 0.717) is 11.4 Å². The van der Waals surface area contributed by atoms with Crippen molar-refractivity contribution in [2.45, 2.75) is 6.92 Å². The third-order valence-corrected chi connectivity index (χ3v) is 2.72. The first-order valence-electron chi connectivity index (χ1n) is 5.51. The summed E-state index contributed by atoms with van der Waals surface area (Å²) in [4.78, 5) is 11.5. The number of nitrogens with zero attached hydrogens (tertiary/aromatic N) is 2. The van der Waals surface area contributed by atoms with Gasteiger partial charge in [-0.25, -0.2) is 4.68 Å². The number of rotatable bonds is 2. The van der Waals surface area contributed by atoms with Gasteiger partial charge in [-0.05, 0) is 25.1 Å². The van der Waals surface area contributed by atoms with Crippen LogP contribution in [0.4, 0.5) is 5.69 Å². The molecule has 1 heterocycles. The number of methoxy groups -OCH3 is 1. The molecular formula is C13H15N3O2. The van der Waals surface area contributed by atoms with E-state index in [9.17, 15) is 4.79 Å². The Kier molecular flexibility index (Phi) is 3.06. The van der Waals surface area contributed by atoms with Crippen LogP contribution in [0.15, 0.2) is 29.1 Å². The van der Waals surface area contributed by atoms with Gasteiger partial charge in [-0.1, -0.05) is 11.6 Å². The predicted octanol–water partition coefficient (Wildman–Crippen LogP) is 1.35. The van der Waals surface area contributed by atoms with Gasteiger partial charge in [0.05, 0.1) is 12.8 Å². The maximum atomic E-state index is 11.5. The van der Waals surface area contributed by atoms with Crippen molar-refractivity contribution < 1.29 is 4.74 Å². The van der Waals surface area contributed by atoms with Crippen molar-refractivity contribution in [1.29, 1.82) is 0 Å². The molecule has 18 heavy (non-hydrogen) atoms. The molecule has 0 aliphatic carbocycles. The standard InChI is InChI=1S/C13H15N3O2/c1-8-4-5-12(18-3)9(6-8)11-7-10(14)13(17)16(2)15-11/h4-7H,14H2,1-3H3. The Balaban J connectivity index is 2.68. The highest BCUT2D eigenvalue weighted by Gasteiger charge is 2.10. The van der Waals surface area contributed by atoms with Gasteiger partial charge in [0.25, 0.3) is 5.56 Å². The molecule has 5 heteroatoms. The van der Waals surface area contributed by atoms with E-state index >= 15 is 0 Å². The lowest BCUT2D eigenvalue weighted by atomic mass is 10.1. The quantitative estimate of drug-likeness (QED) is 0.867. The van der Waals surface area contributed by atoms with Crippen molar-refractivity contribution >= 4 is 5.69 Å². The second kappa shape index (κ2) is 4.52. The Labute approximate surface area is 105 Å². The normalized spacial score (nSPS) is 10.4. The predicted molar refractivity (Wildman–Crippen MR) is 70.6 cm³/mol. The molecule has 2 N–H and O–H groups in total. The van der Waals surface area contributed by atoms with Crippen LogP contribution in [0.5, 0.6) is 5.75 Å². The van der Waals surface area contributed by atoms with Crippen molar-refractivity contribution in [2.75, 3.05) is 12.8 Å². The minimum atomic E-state index is -0.301. The van der Waals surface area contributed by atoms with Crippen molar-refractivity contribution in [3.63, 3.8) is 0 Å². The van der Waals surface area contributed by atoms with E-state index in [2.05, 4.69) is 5.10 Å². The molecule has 5 nitrogen and oxygen atoms in total. The van der Waals surface area contributed by atoms with Crippen LogP contribution in [0, 0.1) is 6.92 Å². The number of benzene rings is 1. The lowest BCUT2D eigenvalue weighted by molar-refractivity contribution is 0.416. The Hall–Kier alpha value is -2.30. The summed E-state index contributed by atoms with van der Waals surface area (Å²) in [7, 11) is 3.17. The number of anilines is 1. The van der Waals surface area contributed by atoms with Gasteiger partial charge in [-0.2, -0.15) is 5.10 Å². The van der Waals surface area contributed by atoms with Gasteiger partial charge in [-0.3, -0.25) is 4.79 Å². The van der Waals surface area contributed by atoms with Crippen LogP contribution >= 0.6 is 0 Å². The zero-order valence-electron chi connectivity index (χ0n) is 10.6. The molecule has 94 valence electrons. The first-order chi connectivity index (χ1) is 8.52. The molecule has 0 fully saturated rings. The molecule has 1 aromatic carbocycles. The highest BCUT2D eigenvalue weighted by atomic mass is 16.5. The van der Waals surface area contributed by atoms with Gasteiger partial charge < -0.3 is 10.5 Å². The fourth-order valence-corrected chi connectivity index (χ4v) is 1.79. The molecular weight excluding hydrogens is 230 g/mol. The highest BCUT2D eigenvalue weighted by Crippen LogP contribution is 2.29. The molecule has 0 bridgehead atoms. The van der Waals surface area contributed by atoms with Gasteiger partial charge in [0.1, 0.15) is 11.4 Å². The minimum Gasteiger partial charge on any atom is -0.496 e. The van der Waals surface area contributed by atoms with E-state index in [1.165, 1.54) is 4.68 Å². The number of ether oxygens (including phenoxy) is 1. The van der Waals surface area contributed by atoms with Gasteiger partial charge in [-0.15, -0.1) is 0 Å². The molecule has 0 radical (unpaired) electrons. The van der Waals surface area contributed by atoms with Crippen LogP contribution in [0.3, 0.4) is 0 Å². The van der Waals surface area contributed by atoms with Crippen LogP contribution < -0.4 is 16.0 Å². The summed E-state index contributed by atoms with van der Waals surface area (Å²) in [6.07, 6.45) is 0. The number of nitrogen functional groups attached to an aromatic ring is 1. The Morgan fingerprint density at radius 2 is 2.06 bits per heavy atom. The molecule has 1 aromatic heterocycles. The van der Waals surface area contributed by atoms with E-state index in [-0.39, 0.29) is 11.2 Å². The molecule has 0 unspecified atom stereocenters. The fourth-order valence-electron chi connectivity index (χ4n) is 1.79. The first kappa shape index (κ1) is 12.2.